The molecular formula is C42H68O14. The van der Waals surface area contributed by atoms with Gasteiger partial charge in [-0.3, -0.25) is 4.79 Å². The van der Waals surface area contributed by atoms with Gasteiger partial charge in [0, 0.05) is 5.41 Å². The van der Waals surface area contributed by atoms with Gasteiger partial charge in [0.15, 0.2) is 6.29 Å². The van der Waals surface area contributed by atoms with Crippen LogP contribution >= 0.6 is 0 Å². The number of aliphatic hydroxyl groups excluding tert-OH is 9. The first-order valence-electron chi connectivity index (χ1n) is 21.0. The molecule has 0 amide bonds. The Morgan fingerprint density at radius 3 is 1.98 bits per heavy atom. The van der Waals surface area contributed by atoms with Gasteiger partial charge in [-0.15, -0.1) is 0 Å². The summed E-state index contributed by atoms with van der Waals surface area (Å²) >= 11 is 0. The van der Waals surface area contributed by atoms with Crippen LogP contribution in [0.3, 0.4) is 0 Å². The standard InChI is InChI=1S/C42H68O14/c1-20(2)21-9-14-42(37(52)56-36-34(51)32(49)30(47)24(55-36)18-53-35-33(50)31(48)29(46)23(17-43)54-35)16-15-40(5)22(28(21)42)7-8-26-38(3)12-11-27(45)39(4,19-44)25(38)10-13-41(26,40)6/h21-36,43-51H,1,7-19H2,2-6H3/t21-,22-,23+,24+,25-,26+,27-,28+,29+,30+,31-,32-,33+,34+,35+,36-,38-,39-,40+,41+,42-/m0/s1. The molecule has 21 atom stereocenters. The van der Waals surface area contributed by atoms with Crippen LogP contribution < -0.4 is 0 Å². The Balaban J connectivity index is 1.11. The van der Waals surface area contributed by atoms with Gasteiger partial charge in [0.05, 0.1) is 31.3 Å². The van der Waals surface area contributed by atoms with Crippen LogP contribution in [-0.4, -0.2) is 139 Å². The minimum atomic E-state index is -1.78. The number of fused-ring (bicyclic) bond motifs is 7. The van der Waals surface area contributed by atoms with Crippen LogP contribution in [0, 0.1) is 56.7 Å². The molecule has 0 bridgehead atoms. The van der Waals surface area contributed by atoms with Crippen LogP contribution in [0.15, 0.2) is 12.2 Å². The third-order valence-electron chi connectivity index (χ3n) is 17.8. The summed E-state index contributed by atoms with van der Waals surface area (Å²) in [5.41, 5.74) is -0.624. The van der Waals surface area contributed by atoms with Crippen molar-refractivity contribution >= 4 is 5.97 Å². The molecule has 56 heavy (non-hydrogen) atoms. The van der Waals surface area contributed by atoms with Gasteiger partial charge in [-0.2, -0.15) is 0 Å². The van der Waals surface area contributed by atoms with E-state index in [1.165, 1.54) is 0 Å². The summed E-state index contributed by atoms with van der Waals surface area (Å²) in [5, 5.41) is 94.8. The molecule has 2 heterocycles. The van der Waals surface area contributed by atoms with E-state index in [2.05, 4.69) is 34.3 Å². The first-order valence-corrected chi connectivity index (χ1v) is 21.0. The fraction of sp³-hybridized carbons (Fsp3) is 0.929. The molecule has 0 spiro atoms. The van der Waals surface area contributed by atoms with E-state index in [0.29, 0.717) is 25.2 Å². The minimum Gasteiger partial charge on any atom is -0.432 e. The summed E-state index contributed by atoms with van der Waals surface area (Å²) in [6.45, 7) is 14.6. The Morgan fingerprint density at radius 2 is 1.34 bits per heavy atom. The molecule has 9 N–H and O–H groups in total. The smallest absolute Gasteiger partial charge is 0.314 e. The molecule has 7 aliphatic rings. The Hall–Kier alpha value is -1.27. The Bertz CT molecular complexity index is 1480. The van der Waals surface area contributed by atoms with E-state index in [9.17, 15) is 50.8 Å². The maximum absolute atomic E-state index is 14.8. The lowest BCUT2D eigenvalue weighted by atomic mass is 9.32. The number of carbonyl (C=O) groups is 1. The molecular weight excluding hydrogens is 728 g/mol. The van der Waals surface area contributed by atoms with Crippen molar-refractivity contribution in [1.29, 1.82) is 0 Å². The molecule has 5 saturated carbocycles. The van der Waals surface area contributed by atoms with Crippen molar-refractivity contribution < 1.29 is 69.7 Å². The maximum Gasteiger partial charge on any atom is 0.314 e. The van der Waals surface area contributed by atoms with Gasteiger partial charge in [0.2, 0.25) is 6.29 Å². The van der Waals surface area contributed by atoms with Gasteiger partial charge in [-0.1, -0.05) is 39.8 Å². The van der Waals surface area contributed by atoms with E-state index in [-0.39, 0.29) is 46.5 Å². The highest BCUT2D eigenvalue weighted by Gasteiger charge is 2.72. The lowest BCUT2D eigenvalue weighted by Crippen LogP contribution is -2.68. The fourth-order valence-electron chi connectivity index (χ4n) is 14.3. The summed E-state index contributed by atoms with van der Waals surface area (Å²) in [5.74, 6) is 0.252. The van der Waals surface area contributed by atoms with Crippen molar-refractivity contribution in [3.05, 3.63) is 12.2 Å². The lowest BCUT2D eigenvalue weighted by molar-refractivity contribution is -0.328. The highest BCUT2D eigenvalue weighted by Crippen LogP contribution is 2.77. The van der Waals surface area contributed by atoms with Crippen molar-refractivity contribution in [3.8, 4) is 0 Å². The number of hydrogen-bond acceptors (Lipinski definition) is 14. The van der Waals surface area contributed by atoms with Crippen molar-refractivity contribution in [2.75, 3.05) is 19.8 Å². The number of carbonyl (C=O) groups excluding carboxylic acids is 1. The molecule has 0 radical (unpaired) electrons. The maximum atomic E-state index is 14.8. The molecule has 0 aromatic rings. The largest absolute Gasteiger partial charge is 0.432 e. The van der Waals surface area contributed by atoms with E-state index in [1.807, 2.05) is 6.92 Å². The predicted octanol–water partition coefficient (Wildman–Crippen LogP) is 1.14. The molecule has 0 aromatic heterocycles. The van der Waals surface area contributed by atoms with Gasteiger partial charge in [0.1, 0.15) is 48.8 Å². The molecule has 320 valence electrons. The van der Waals surface area contributed by atoms with Crippen molar-refractivity contribution in [2.45, 2.75) is 166 Å². The van der Waals surface area contributed by atoms with Crippen LogP contribution in [0.1, 0.15) is 98.8 Å². The number of hydrogen-bond donors (Lipinski definition) is 9. The molecule has 0 unspecified atom stereocenters. The zero-order valence-corrected chi connectivity index (χ0v) is 33.7. The Morgan fingerprint density at radius 1 is 0.696 bits per heavy atom. The summed E-state index contributed by atoms with van der Waals surface area (Å²) in [4.78, 5) is 14.8. The van der Waals surface area contributed by atoms with Crippen LogP contribution in [0.4, 0.5) is 0 Å². The molecule has 7 rings (SSSR count). The summed E-state index contributed by atoms with van der Waals surface area (Å²) in [6.07, 6.45) is -8.41. The van der Waals surface area contributed by atoms with Crippen LogP contribution in [0.2, 0.25) is 0 Å². The average molecular weight is 797 g/mol. The number of rotatable bonds is 8. The summed E-state index contributed by atoms with van der Waals surface area (Å²) in [7, 11) is 0. The van der Waals surface area contributed by atoms with E-state index in [1.54, 1.807) is 0 Å². The normalized spacial score (nSPS) is 55.6. The number of ether oxygens (including phenoxy) is 4. The third-order valence-corrected chi connectivity index (χ3v) is 17.8. The van der Waals surface area contributed by atoms with Gasteiger partial charge >= 0.3 is 5.97 Å². The second-order valence-electron chi connectivity index (χ2n) is 20.0. The predicted molar refractivity (Wildman–Crippen MR) is 199 cm³/mol. The van der Waals surface area contributed by atoms with Crippen LogP contribution in [0.5, 0.6) is 0 Å². The molecule has 7 fully saturated rings. The van der Waals surface area contributed by atoms with E-state index >= 15 is 0 Å². The first kappa shape index (κ1) is 42.8. The van der Waals surface area contributed by atoms with Crippen molar-refractivity contribution in [1.82, 2.24) is 0 Å². The first-order chi connectivity index (χ1) is 26.3. The average Bonchev–Trinajstić information content (AvgIpc) is 3.57. The second kappa shape index (κ2) is 15.0. The summed E-state index contributed by atoms with van der Waals surface area (Å²) < 4.78 is 23.0. The molecule has 0 aromatic carbocycles. The van der Waals surface area contributed by atoms with Gasteiger partial charge in [-0.25, -0.2) is 0 Å². The molecule has 2 aliphatic heterocycles. The van der Waals surface area contributed by atoms with E-state index < -0.39 is 97.5 Å². The van der Waals surface area contributed by atoms with Crippen LogP contribution in [0.25, 0.3) is 0 Å². The van der Waals surface area contributed by atoms with Gasteiger partial charge < -0.3 is 64.9 Å². The second-order valence-corrected chi connectivity index (χ2v) is 20.0. The summed E-state index contributed by atoms with van der Waals surface area (Å²) in [6, 6.07) is 0. The molecule has 14 nitrogen and oxygen atoms in total. The van der Waals surface area contributed by atoms with Crippen molar-refractivity contribution in [2.24, 2.45) is 56.7 Å². The third kappa shape index (κ3) is 6.13. The van der Waals surface area contributed by atoms with E-state index in [4.69, 9.17) is 18.9 Å². The molecule has 14 heteroatoms. The zero-order chi connectivity index (χ0) is 40.9. The molecule has 2 saturated heterocycles. The van der Waals surface area contributed by atoms with Crippen LogP contribution in [-0.2, 0) is 23.7 Å². The fourth-order valence-corrected chi connectivity index (χ4v) is 14.3. The SMILES string of the molecule is C=C(C)[C@@H]1CC[C@]2(C(=O)O[C@@H]3O[C@H](CO[C@@H]4O[C@H](CO)[C@@H](O)[C@H](O)[C@H]4O)[C@@H](O)[C@H](O)[C@H]3O)CC[C@]3(C)[C@@H](CC[C@@H]4[C@@]5(C)CC[C@H](O)[C@@](C)(CO)[C@H]5CC[C@]43C)[C@@H]12. The monoisotopic (exact) mass is 796 g/mol. The number of esters is 1. The van der Waals surface area contributed by atoms with Gasteiger partial charge in [0.25, 0.3) is 0 Å². The molecule has 5 aliphatic carbocycles. The zero-order valence-electron chi connectivity index (χ0n) is 33.7. The number of aliphatic hydroxyl groups is 9. The highest BCUT2D eigenvalue weighted by atomic mass is 16.7. The lowest BCUT2D eigenvalue weighted by Gasteiger charge is -2.72. The van der Waals surface area contributed by atoms with Crippen molar-refractivity contribution in [3.63, 3.8) is 0 Å². The topological polar surface area (TPSA) is 236 Å². The Kier molecular flexibility index (Phi) is 11.5. The van der Waals surface area contributed by atoms with Gasteiger partial charge in [-0.05, 0) is 117 Å². The van der Waals surface area contributed by atoms with E-state index in [0.717, 1.165) is 50.5 Å². The number of allylic oxidation sites excluding steroid dienone is 1. The quantitative estimate of drug-likeness (QED) is 0.124. The Labute approximate surface area is 330 Å². The highest BCUT2D eigenvalue weighted by molar-refractivity contribution is 5.78. The minimum absolute atomic E-state index is 0.0356.